The van der Waals surface area contributed by atoms with E-state index in [0.717, 1.165) is 37.0 Å². The molecule has 0 aliphatic heterocycles. The number of halogens is 3. The highest BCUT2D eigenvalue weighted by Crippen LogP contribution is 2.38. The Bertz CT molecular complexity index is 565. The van der Waals surface area contributed by atoms with Crippen molar-refractivity contribution in [3.63, 3.8) is 0 Å². The van der Waals surface area contributed by atoms with Crippen molar-refractivity contribution in [3.8, 4) is 0 Å². The second kappa shape index (κ2) is 6.71. The minimum absolute atomic E-state index is 0.0506. The highest BCUT2D eigenvalue weighted by Gasteiger charge is 2.33. The van der Waals surface area contributed by atoms with E-state index in [1.807, 2.05) is 0 Å². The molecule has 3 nitrogen and oxygen atoms in total. The fraction of sp³-hybridized carbons (Fsp3) is 0.667. The molecule has 114 valence electrons. The average Bonchev–Trinajstić information content (AvgIpc) is 2.78. The van der Waals surface area contributed by atoms with Crippen LogP contribution in [0.1, 0.15) is 32.1 Å². The van der Waals surface area contributed by atoms with Gasteiger partial charge in [0.2, 0.25) is 10.0 Å². The lowest BCUT2D eigenvalue weighted by atomic mass is 9.76. The van der Waals surface area contributed by atoms with Gasteiger partial charge in [0.1, 0.15) is 9.23 Å². The van der Waals surface area contributed by atoms with E-state index in [9.17, 15) is 8.42 Å². The third kappa shape index (κ3) is 3.81. The summed E-state index contributed by atoms with van der Waals surface area (Å²) in [6.07, 6.45) is 5.30. The molecule has 0 atom stereocenters. The largest absolute Gasteiger partial charge is 0.242 e. The Kier molecular flexibility index (Phi) is 5.65. The maximum absolute atomic E-state index is 12.3. The Morgan fingerprint density at radius 2 is 1.90 bits per heavy atom. The van der Waals surface area contributed by atoms with Gasteiger partial charge in [-0.1, -0.05) is 42.5 Å². The molecule has 0 aromatic carbocycles. The highest BCUT2D eigenvalue weighted by molar-refractivity contribution is 7.89. The number of hydrogen-bond acceptors (Lipinski definition) is 3. The van der Waals surface area contributed by atoms with Crippen molar-refractivity contribution in [1.29, 1.82) is 0 Å². The first-order valence-corrected chi connectivity index (χ1v) is 9.98. The monoisotopic (exact) mass is 375 g/mol. The molecular formula is C12H16Cl3NO2S2. The smallest absolute Gasteiger partial charge is 0.210 e. The molecular weight excluding hydrogens is 361 g/mol. The minimum Gasteiger partial charge on any atom is -0.210 e. The third-order valence-corrected chi connectivity index (χ3v) is 7.47. The van der Waals surface area contributed by atoms with Crippen LogP contribution in [0, 0.1) is 5.41 Å². The van der Waals surface area contributed by atoms with Crippen molar-refractivity contribution in [2.24, 2.45) is 5.41 Å². The van der Waals surface area contributed by atoms with Gasteiger partial charge in [-0.2, -0.15) is 0 Å². The molecule has 1 N–H and O–H groups in total. The number of rotatable bonds is 5. The van der Waals surface area contributed by atoms with Gasteiger partial charge in [-0.15, -0.1) is 22.9 Å². The molecule has 0 bridgehead atoms. The first-order valence-electron chi connectivity index (χ1n) is 6.39. The minimum atomic E-state index is -3.63. The zero-order chi connectivity index (χ0) is 14.8. The summed E-state index contributed by atoms with van der Waals surface area (Å²) >= 11 is 18.8. The van der Waals surface area contributed by atoms with E-state index >= 15 is 0 Å². The molecule has 1 aromatic heterocycles. The van der Waals surface area contributed by atoms with Crippen molar-refractivity contribution in [2.45, 2.75) is 37.0 Å². The summed E-state index contributed by atoms with van der Waals surface area (Å²) < 4.78 is 27.7. The zero-order valence-corrected chi connectivity index (χ0v) is 14.7. The van der Waals surface area contributed by atoms with Gasteiger partial charge < -0.3 is 0 Å². The van der Waals surface area contributed by atoms with E-state index in [4.69, 9.17) is 34.8 Å². The predicted octanol–water partition coefficient (Wildman–Crippen LogP) is 4.52. The number of nitrogens with one attached hydrogen (secondary N) is 1. The molecule has 0 spiro atoms. The number of hydrogen-bond donors (Lipinski definition) is 1. The van der Waals surface area contributed by atoms with Crippen molar-refractivity contribution in [2.75, 3.05) is 12.4 Å². The first-order chi connectivity index (χ1) is 9.38. The summed E-state index contributed by atoms with van der Waals surface area (Å²) in [4.78, 5) is 0.0506. The Morgan fingerprint density at radius 3 is 2.40 bits per heavy atom. The van der Waals surface area contributed by atoms with Crippen LogP contribution in [-0.2, 0) is 10.0 Å². The van der Waals surface area contributed by atoms with Gasteiger partial charge in [-0.25, -0.2) is 13.1 Å². The van der Waals surface area contributed by atoms with E-state index in [1.165, 1.54) is 12.5 Å². The molecule has 1 heterocycles. The Hall–Kier alpha value is 0.480. The second-order valence-electron chi connectivity index (χ2n) is 5.21. The normalized spacial score (nSPS) is 19.1. The maximum Gasteiger partial charge on any atom is 0.242 e. The van der Waals surface area contributed by atoms with E-state index in [2.05, 4.69) is 4.72 Å². The molecule has 1 aromatic rings. The number of sulfonamides is 1. The van der Waals surface area contributed by atoms with Crippen LogP contribution in [0.3, 0.4) is 0 Å². The Labute approximate surface area is 138 Å². The average molecular weight is 377 g/mol. The summed E-state index contributed by atoms with van der Waals surface area (Å²) in [5.41, 5.74) is -0.140. The molecule has 1 fully saturated rings. The van der Waals surface area contributed by atoms with Gasteiger partial charge in [-0.05, 0) is 24.3 Å². The molecule has 20 heavy (non-hydrogen) atoms. The van der Waals surface area contributed by atoms with Crippen LogP contribution in [0.2, 0.25) is 8.67 Å². The van der Waals surface area contributed by atoms with Crippen molar-refractivity contribution in [1.82, 2.24) is 4.72 Å². The summed E-state index contributed by atoms with van der Waals surface area (Å²) in [6, 6.07) is 1.38. The fourth-order valence-corrected chi connectivity index (χ4v) is 6.16. The second-order valence-corrected chi connectivity index (χ2v) is 9.50. The van der Waals surface area contributed by atoms with Gasteiger partial charge in [0.15, 0.2) is 0 Å². The highest BCUT2D eigenvalue weighted by atomic mass is 35.5. The van der Waals surface area contributed by atoms with Crippen LogP contribution in [-0.4, -0.2) is 20.8 Å². The van der Waals surface area contributed by atoms with E-state index in [1.54, 1.807) is 0 Å². The predicted molar refractivity (Wildman–Crippen MR) is 85.8 cm³/mol. The molecule has 2 rings (SSSR count). The van der Waals surface area contributed by atoms with Crippen LogP contribution in [0.25, 0.3) is 0 Å². The SMILES string of the molecule is O=S(=O)(NCC1(CCl)CCCCC1)c1cc(Cl)sc1Cl. The van der Waals surface area contributed by atoms with Crippen LogP contribution >= 0.6 is 46.1 Å². The zero-order valence-electron chi connectivity index (χ0n) is 10.8. The molecule has 1 aliphatic rings. The van der Waals surface area contributed by atoms with E-state index in [0.29, 0.717) is 16.8 Å². The third-order valence-electron chi connectivity index (χ3n) is 3.75. The summed E-state index contributed by atoms with van der Waals surface area (Å²) in [5, 5.41) is 0. The first kappa shape index (κ1) is 16.8. The van der Waals surface area contributed by atoms with Gasteiger partial charge in [0, 0.05) is 12.4 Å². The molecule has 1 aliphatic carbocycles. The molecule has 1 saturated carbocycles. The van der Waals surface area contributed by atoms with Crippen LogP contribution in [0.15, 0.2) is 11.0 Å². The molecule has 8 heteroatoms. The van der Waals surface area contributed by atoms with Crippen LogP contribution in [0.5, 0.6) is 0 Å². The van der Waals surface area contributed by atoms with Crippen molar-refractivity contribution in [3.05, 3.63) is 14.7 Å². The lowest BCUT2D eigenvalue weighted by molar-refractivity contribution is 0.223. The Balaban J connectivity index is 2.10. The standard InChI is InChI=1S/C12H16Cl3NO2S2/c13-7-12(4-2-1-3-5-12)8-16-20(17,18)9-6-10(14)19-11(9)15/h6,16H,1-5,7-8H2. The quantitative estimate of drug-likeness (QED) is 0.768. The molecule has 0 saturated heterocycles. The van der Waals surface area contributed by atoms with Gasteiger partial charge in [-0.3, -0.25) is 0 Å². The van der Waals surface area contributed by atoms with Crippen molar-refractivity contribution < 1.29 is 8.42 Å². The van der Waals surface area contributed by atoms with Gasteiger partial charge >= 0.3 is 0 Å². The van der Waals surface area contributed by atoms with Crippen LogP contribution < -0.4 is 4.72 Å². The molecule has 0 amide bonds. The van der Waals surface area contributed by atoms with Gasteiger partial charge in [0.25, 0.3) is 0 Å². The van der Waals surface area contributed by atoms with Gasteiger partial charge in [0.05, 0.1) is 4.34 Å². The summed E-state index contributed by atoms with van der Waals surface area (Å²) in [5.74, 6) is 0.466. The lowest BCUT2D eigenvalue weighted by Crippen LogP contribution is -2.40. The number of alkyl halides is 1. The fourth-order valence-electron chi connectivity index (χ4n) is 2.49. The van der Waals surface area contributed by atoms with Crippen molar-refractivity contribution >= 4 is 56.2 Å². The molecule has 0 unspecified atom stereocenters. The summed E-state index contributed by atoms with van der Waals surface area (Å²) in [6.45, 7) is 0.350. The Morgan fingerprint density at radius 1 is 1.25 bits per heavy atom. The molecule has 0 radical (unpaired) electrons. The topological polar surface area (TPSA) is 46.2 Å². The van der Waals surface area contributed by atoms with E-state index in [-0.39, 0.29) is 14.6 Å². The van der Waals surface area contributed by atoms with Crippen LogP contribution in [0.4, 0.5) is 0 Å². The lowest BCUT2D eigenvalue weighted by Gasteiger charge is -2.35. The summed E-state index contributed by atoms with van der Waals surface area (Å²) in [7, 11) is -3.63. The number of thiophene rings is 1. The van der Waals surface area contributed by atoms with E-state index < -0.39 is 10.0 Å². The maximum atomic E-state index is 12.3.